The predicted molar refractivity (Wildman–Crippen MR) is 392 cm³/mol. The van der Waals surface area contributed by atoms with Crippen LogP contribution in [0.4, 0.5) is 0 Å². The minimum atomic E-state index is -0.0321. The fraction of sp³-hybridized carbons (Fsp3) is 0.0341. The summed E-state index contributed by atoms with van der Waals surface area (Å²) in [5.41, 5.74) is 24.6. The molecule has 0 fully saturated rings. The molecule has 13 aromatic carbocycles. The lowest BCUT2D eigenvalue weighted by atomic mass is 9.81. The average Bonchev–Trinajstić information content (AvgIpc) is 1.60. The molecule has 1 aliphatic rings. The Bertz CT molecular complexity index is 5400. The van der Waals surface area contributed by atoms with Crippen LogP contribution in [0, 0.1) is 0 Å². The summed E-state index contributed by atoms with van der Waals surface area (Å²) >= 11 is 0. The Labute approximate surface area is 551 Å². The van der Waals surface area contributed by atoms with Gasteiger partial charge in [0.2, 0.25) is 0 Å². The van der Waals surface area contributed by atoms with Crippen molar-refractivity contribution in [3.63, 3.8) is 0 Å². The molecule has 0 saturated carbocycles. The van der Waals surface area contributed by atoms with Crippen molar-refractivity contribution in [3.8, 4) is 113 Å². The van der Waals surface area contributed by atoms with E-state index < -0.39 is 0 Å². The molecule has 0 bridgehead atoms. The maximum absolute atomic E-state index is 5.26. The number of nitrogens with zero attached hydrogens (tertiary/aromatic N) is 7. The Kier molecular flexibility index (Phi) is 14.1. The monoisotopic (exact) mass is 1220 g/mol. The summed E-state index contributed by atoms with van der Waals surface area (Å²) in [6.45, 7) is 4.66. The molecule has 95 heavy (non-hydrogen) atoms. The number of rotatable bonds is 10. The van der Waals surface area contributed by atoms with E-state index in [9.17, 15) is 0 Å². The van der Waals surface area contributed by atoms with Crippen molar-refractivity contribution in [2.24, 2.45) is 0 Å². The van der Waals surface area contributed by atoms with Crippen molar-refractivity contribution in [1.82, 2.24) is 34.1 Å². The van der Waals surface area contributed by atoms with Gasteiger partial charge in [0.05, 0.1) is 33.5 Å². The highest BCUT2D eigenvalue weighted by Crippen LogP contribution is 2.50. The molecule has 0 amide bonds. The smallest absolute Gasteiger partial charge is 0.164 e. The summed E-state index contributed by atoms with van der Waals surface area (Å²) in [7, 11) is 0. The highest BCUT2D eigenvalue weighted by Gasteiger charge is 2.35. The van der Waals surface area contributed by atoms with E-state index in [1.54, 1.807) is 0 Å². The Hall–Kier alpha value is -12.5. The highest BCUT2D eigenvalue weighted by molar-refractivity contribution is 6.11. The van der Waals surface area contributed by atoms with Gasteiger partial charge in [-0.1, -0.05) is 281 Å². The summed E-state index contributed by atoms with van der Waals surface area (Å²) in [6, 6.07) is 118. The van der Waals surface area contributed by atoms with Crippen LogP contribution in [0.1, 0.15) is 25.0 Å². The normalized spacial score (nSPS) is 12.2. The third kappa shape index (κ3) is 10.3. The SMILES string of the molecule is CC1(C)c2ccccc2-c2ccc(-c3cccc(-c4cccc(-c5nc(-c6ccccc6)nc(-c6ccccc6)n5)c4)c3)cc21.c1ccc(-c2cc(-c3cc(-n4c5ccccc5c5ccccc54)cc(-n4c5ccccc5c5ccccc54)c3)nc(-c3ccccc3)n2)cc1. The van der Waals surface area contributed by atoms with Gasteiger partial charge in [-0.15, -0.1) is 0 Å². The van der Waals surface area contributed by atoms with E-state index in [0.717, 1.165) is 89.3 Å². The van der Waals surface area contributed by atoms with E-state index >= 15 is 0 Å². The first-order valence-corrected chi connectivity index (χ1v) is 32.3. The lowest BCUT2D eigenvalue weighted by molar-refractivity contribution is 0.660. The minimum Gasteiger partial charge on any atom is -0.309 e. The molecule has 0 aliphatic heterocycles. The van der Waals surface area contributed by atoms with Crippen LogP contribution in [0.15, 0.2) is 334 Å². The summed E-state index contributed by atoms with van der Waals surface area (Å²) in [5.74, 6) is 2.67. The van der Waals surface area contributed by atoms with Gasteiger partial charge in [0.25, 0.3) is 0 Å². The fourth-order valence-electron chi connectivity index (χ4n) is 14.0. The molecule has 7 heteroatoms. The third-order valence-corrected chi connectivity index (χ3v) is 18.6. The Morgan fingerprint density at radius 1 is 0.221 bits per heavy atom. The maximum Gasteiger partial charge on any atom is 0.164 e. The first-order chi connectivity index (χ1) is 46.8. The quantitative estimate of drug-likeness (QED) is 0.136. The van der Waals surface area contributed by atoms with Crippen molar-refractivity contribution in [1.29, 1.82) is 0 Å². The van der Waals surface area contributed by atoms with Crippen LogP contribution in [0.5, 0.6) is 0 Å². The first kappa shape index (κ1) is 56.5. The standard InChI is InChI=1S/C46H30N4.C42H31N3/c1-3-15-31(16-4-1)40-30-41(48-46(47-40)32-17-5-2-6-18-32)33-27-34(49-42-23-11-7-19-36(42)37-20-8-12-24-43(37)49)29-35(28-33)50-44-25-13-9-21-38(44)39-22-10-14-26-45(39)50;1-42(2)37-22-10-9-21-35(37)36-24-23-33(27-38(36)42)31-18-11-17-30(25-31)32-19-12-20-34(26-32)41-44-39(28-13-5-3-6-14-28)43-40(45-41)29-15-7-4-8-16-29/h1-30H;3-27H,1-2H3. The van der Waals surface area contributed by atoms with Crippen LogP contribution in [0.25, 0.3) is 156 Å². The minimum absolute atomic E-state index is 0.0321. The van der Waals surface area contributed by atoms with Gasteiger partial charge in [0.1, 0.15) is 0 Å². The van der Waals surface area contributed by atoms with E-state index in [0.29, 0.717) is 23.3 Å². The Balaban J connectivity index is 0.000000145. The second-order valence-electron chi connectivity index (χ2n) is 24.8. The van der Waals surface area contributed by atoms with Crippen LogP contribution in [-0.2, 0) is 5.41 Å². The number of aromatic nitrogens is 7. The molecular formula is C88H61N7. The number of benzene rings is 13. The predicted octanol–water partition coefficient (Wildman–Crippen LogP) is 22.2. The Morgan fingerprint density at radius 3 is 1.03 bits per heavy atom. The largest absolute Gasteiger partial charge is 0.309 e. The molecule has 0 N–H and O–H groups in total. The number of hydrogen-bond donors (Lipinski definition) is 0. The topological polar surface area (TPSA) is 74.3 Å². The molecule has 4 heterocycles. The summed E-state index contributed by atoms with van der Waals surface area (Å²) in [4.78, 5) is 25.1. The van der Waals surface area contributed by atoms with Crippen LogP contribution < -0.4 is 0 Å². The van der Waals surface area contributed by atoms with Crippen LogP contribution >= 0.6 is 0 Å². The highest BCUT2D eigenvalue weighted by atomic mass is 15.0. The summed E-state index contributed by atoms with van der Waals surface area (Å²) in [6.07, 6.45) is 0. The van der Waals surface area contributed by atoms with E-state index in [2.05, 4.69) is 272 Å². The summed E-state index contributed by atoms with van der Waals surface area (Å²) < 4.78 is 4.78. The fourth-order valence-corrected chi connectivity index (χ4v) is 14.0. The van der Waals surface area contributed by atoms with Crippen LogP contribution in [0.3, 0.4) is 0 Å². The van der Waals surface area contributed by atoms with Gasteiger partial charge in [-0.05, 0) is 111 Å². The molecular weight excluding hydrogens is 1160 g/mol. The van der Waals surface area contributed by atoms with Crippen LogP contribution in [-0.4, -0.2) is 34.1 Å². The second-order valence-corrected chi connectivity index (χ2v) is 24.8. The average molecular weight is 1220 g/mol. The molecule has 448 valence electrons. The van der Waals surface area contributed by atoms with Crippen LogP contribution in [0.2, 0.25) is 0 Å². The lowest BCUT2D eigenvalue weighted by Crippen LogP contribution is -2.14. The summed E-state index contributed by atoms with van der Waals surface area (Å²) in [5, 5.41) is 4.91. The molecule has 0 radical (unpaired) electrons. The van der Waals surface area contributed by atoms with Crippen molar-refractivity contribution < 1.29 is 0 Å². The van der Waals surface area contributed by atoms with Crippen molar-refractivity contribution in [3.05, 3.63) is 345 Å². The molecule has 0 spiro atoms. The first-order valence-electron chi connectivity index (χ1n) is 32.3. The van der Waals surface area contributed by atoms with Gasteiger partial charge in [0.15, 0.2) is 23.3 Å². The van der Waals surface area contributed by atoms with Crippen molar-refractivity contribution in [2.75, 3.05) is 0 Å². The molecule has 0 unspecified atom stereocenters. The third-order valence-electron chi connectivity index (χ3n) is 18.6. The molecule has 17 aromatic rings. The zero-order valence-electron chi connectivity index (χ0n) is 52.4. The molecule has 7 nitrogen and oxygen atoms in total. The van der Waals surface area contributed by atoms with Gasteiger partial charge >= 0.3 is 0 Å². The van der Waals surface area contributed by atoms with Gasteiger partial charge in [-0.25, -0.2) is 24.9 Å². The van der Waals surface area contributed by atoms with E-state index in [-0.39, 0.29) is 5.41 Å². The number of para-hydroxylation sites is 4. The van der Waals surface area contributed by atoms with Crippen molar-refractivity contribution >= 4 is 43.6 Å². The second kappa shape index (κ2) is 23.7. The Morgan fingerprint density at radius 2 is 0.558 bits per heavy atom. The zero-order valence-corrected chi connectivity index (χ0v) is 52.4. The van der Waals surface area contributed by atoms with E-state index in [4.69, 9.17) is 24.9 Å². The van der Waals surface area contributed by atoms with Crippen molar-refractivity contribution in [2.45, 2.75) is 19.3 Å². The number of hydrogen-bond acceptors (Lipinski definition) is 5. The zero-order chi connectivity index (χ0) is 63.4. The maximum atomic E-state index is 5.26. The molecule has 4 aromatic heterocycles. The molecule has 0 saturated heterocycles. The van der Waals surface area contributed by atoms with E-state index in [1.165, 1.54) is 54.9 Å². The molecule has 18 rings (SSSR count). The van der Waals surface area contributed by atoms with Gasteiger partial charge < -0.3 is 9.13 Å². The van der Waals surface area contributed by atoms with E-state index in [1.807, 2.05) is 84.9 Å². The molecule has 0 atom stereocenters. The molecule has 1 aliphatic carbocycles. The van der Waals surface area contributed by atoms with Gasteiger partial charge in [-0.3, -0.25) is 0 Å². The van der Waals surface area contributed by atoms with Gasteiger partial charge in [0, 0.05) is 71.7 Å². The van der Waals surface area contributed by atoms with Gasteiger partial charge in [-0.2, -0.15) is 0 Å². The lowest BCUT2D eigenvalue weighted by Gasteiger charge is -2.22. The number of fused-ring (bicyclic) bond motifs is 9.